The standard InChI is InChI=1S/C20H17ClO2/c1-14-7-5-6-10-16(14)19-17(21)11-12-18(22)20(19)23-13-15-8-3-2-4-9-15/h2-12,22H,13H2,1H3. The zero-order valence-corrected chi connectivity index (χ0v) is 13.5. The smallest absolute Gasteiger partial charge is 0.170 e. The van der Waals surface area contributed by atoms with E-state index < -0.39 is 0 Å². The number of aromatic hydroxyl groups is 1. The molecule has 0 aliphatic carbocycles. The minimum Gasteiger partial charge on any atom is -0.504 e. The molecule has 116 valence electrons. The van der Waals surface area contributed by atoms with E-state index in [4.69, 9.17) is 16.3 Å². The third-order valence-corrected chi connectivity index (χ3v) is 4.04. The molecule has 0 radical (unpaired) electrons. The Labute approximate surface area is 140 Å². The van der Waals surface area contributed by atoms with E-state index >= 15 is 0 Å². The highest BCUT2D eigenvalue weighted by atomic mass is 35.5. The first-order chi connectivity index (χ1) is 11.2. The predicted molar refractivity (Wildman–Crippen MR) is 94.1 cm³/mol. The average Bonchev–Trinajstić information content (AvgIpc) is 2.57. The zero-order valence-electron chi connectivity index (χ0n) is 12.8. The molecule has 1 N–H and O–H groups in total. The van der Waals surface area contributed by atoms with Crippen LogP contribution in [0, 0.1) is 6.92 Å². The fourth-order valence-electron chi connectivity index (χ4n) is 2.53. The van der Waals surface area contributed by atoms with Gasteiger partial charge in [-0.05, 0) is 35.7 Å². The van der Waals surface area contributed by atoms with Gasteiger partial charge < -0.3 is 9.84 Å². The van der Waals surface area contributed by atoms with E-state index in [1.807, 2.05) is 61.5 Å². The van der Waals surface area contributed by atoms with Gasteiger partial charge in [0.15, 0.2) is 11.5 Å². The molecular weight excluding hydrogens is 308 g/mol. The van der Waals surface area contributed by atoms with Crippen LogP contribution in [0.5, 0.6) is 11.5 Å². The van der Waals surface area contributed by atoms with Crippen LogP contribution in [0.3, 0.4) is 0 Å². The van der Waals surface area contributed by atoms with Gasteiger partial charge in [0.1, 0.15) is 6.61 Å². The number of halogens is 1. The molecule has 0 aromatic heterocycles. The van der Waals surface area contributed by atoms with E-state index in [9.17, 15) is 5.11 Å². The summed E-state index contributed by atoms with van der Waals surface area (Å²) in [5.74, 6) is 0.499. The fourth-order valence-corrected chi connectivity index (χ4v) is 2.78. The highest BCUT2D eigenvalue weighted by Gasteiger charge is 2.17. The molecule has 0 saturated carbocycles. The quantitative estimate of drug-likeness (QED) is 0.677. The average molecular weight is 325 g/mol. The molecule has 0 aliphatic heterocycles. The zero-order chi connectivity index (χ0) is 16.2. The first kappa shape index (κ1) is 15.4. The Hall–Kier alpha value is -2.45. The topological polar surface area (TPSA) is 29.5 Å². The number of phenols is 1. The number of ether oxygens (including phenoxy) is 1. The first-order valence-corrected chi connectivity index (χ1v) is 7.79. The number of benzene rings is 3. The Morgan fingerprint density at radius 3 is 2.35 bits per heavy atom. The van der Waals surface area contributed by atoms with Crippen molar-refractivity contribution in [3.05, 3.63) is 82.9 Å². The number of hydrogen-bond donors (Lipinski definition) is 1. The summed E-state index contributed by atoms with van der Waals surface area (Å²) in [6.45, 7) is 2.38. The SMILES string of the molecule is Cc1ccccc1-c1c(Cl)ccc(O)c1OCc1ccccc1. The van der Waals surface area contributed by atoms with Crippen molar-refractivity contribution in [1.29, 1.82) is 0 Å². The summed E-state index contributed by atoms with van der Waals surface area (Å²) in [6, 6.07) is 21.0. The van der Waals surface area contributed by atoms with Crippen LogP contribution in [-0.2, 0) is 6.61 Å². The largest absolute Gasteiger partial charge is 0.504 e. The van der Waals surface area contributed by atoms with Crippen molar-refractivity contribution in [3.63, 3.8) is 0 Å². The van der Waals surface area contributed by atoms with E-state index in [1.54, 1.807) is 12.1 Å². The van der Waals surface area contributed by atoms with Gasteiger partial charge in [0.05, 0.1) is 5.02 Å². The monoisotopic (exact) mass is 324 g/mol. The van der Waals surface area contributed by atoms with Gasteiger partial charge in [0.25, 0.3) is 0 Å². The lowest BCUT2D eigenvalue weighted by Gasteiger charge is -2.16. The molecule has 23 heavy (non-hydrogen) atoms. The van der Waals surface area contributed by atoms with E-state index in [0.29, 0.717) is 17.4 Å². The summed E-state index contributed by atoms with van der Waals surface area (Å²) in [7, 11) is 0. The molecule has 0 fully saturated rings. The molecule has 3 rings (SSSR count). The highest BCUT2D eigenvalue weighted by molar-refractivity contribution is 6.33. The Balaban J connectivity index is 2.03. The summed E-state index contributed by atoms with van der Waals surface area (Å²) < 4.78 is 5.91. The van der Waals surface area contributed by atoms with Gasteiger partial charge in [0.2, 0.25) is 0 Å². The van der Waals surface area contributed by atoms with Crippen LogP contribution >= 0.6 is 11.6 Å². The molecule has 2 nitrogen and oxygen atoms in total. The molecule has 3 heteroatoms. The van der Waals surface area contributed by atoms with Crippen LogP contribution in [0.4, 0.5) is 0 Å². The maximum atomic E-state index is 10.3. The van der Waals surface area contributed by atoms with Gasteiger partial charge >= 0.3 is 0 Å². The Kier molecular flexibility index (Phi) is 4.54. The van der Waals surface area contributed by atoms with Crippen molar-refractivity contribution < 1.29 is 9.84 Å². The number of rotatable bonds is 4. The first-order valence-electron chi connectivity index (χ1n) is 7.41. The number of hydrogen-bond acceptors (Lipinski definition) is 2. The lowest BCUT2D eigenvalue weighted by Crippen LogP contribution is -1.98. The maximum Gasteiger partial charge on any atom is 0.170 e. The Morgan fingerprint density at radius 2 is 1.61 bits per heavy atom. The lowest BCUT2D eigenvalue weighted by molar-refractivity contribution is 0.290. The van der Waals surface area contributed by atoms with E-state index in [0.717, 1.165) is 22.3 Å². The van der Waals surface area contributed by atoms with Gasteiger partial charge in [-0.25, -0.2) is 0 Å². The van der Waals surface area contributed by atoms with Crippen molar-refractivity contribution in [2.24, 2.45) is 0 Å². The van der Waals surface area contributed by atoms with Crippen LogP contribution in [0.2, 0.25) is 5.02 Å². The summed E-state index contributed by atoms with van der Waals surface area (Å²) in [5.41, 5.74) is 3.78. The van der Waals surface area contributed by atoms with E-state index in [-0.39, 0.29) is 5.75 Å². The van der Waals surface area contributed by atoms with Gasteiger partial charge in [0, 0.05) is 5.56 Å². The van der Waals surface area contributed by atoms with Crippen LogP contribution in [0.15, 0.2) is 66.7 Å². The van der Waals surface area contributed by atoms with Crippen LogP contribution in [0.25, 0.3) is 11.1 Å². The van der Waals surface area contributed by atoms with Crippen molar-refractivity contribution >= 4 is 11.6 Å². The second-order valence-electron chi connectivity index (χ2n) is 5.36. The third-order valence-electron chi connectivity index (χ3n) is 3.73. The Morgan fingerprint density at radius 1 is 0.913 bits per heavy atom. The lowest BCUT2D eigenvalue weighted by atomic mass is 9.99. The van der Waals surface area contributed by atoms with Crippen molar-refractivity contribution in [2.45, 2.75) is 13.5 Å². The third kappa shape index (κ3) is 3.33. The molecule has 3 aromatic rings. The maximum absolute atomic E-state index is 10.3. The van der Waals surface area contributed by atoms with Crippen molar-refractivity contribution in [2.75, 3.05) is 0 Å². The fraction of sp³-hybridized carbons (Fsp3) is 0.100. The molecule has 0 heterocycles. The van der Waals surface area contributed by atoms with Gasteiger partial charge in [-0.15, -0.1) is 0 Å². The molecule has 0 aliphatic rings. The summed E-state index contributed by atoms with van der Waals surface area (Å²) in [5, 5.41) is 10.8. The van der Waals surface area contributed by atoms with E-state index in [2.05, 4.69) is 0 Å². The molecule has 0 spiro atoms. The molecule has 0 amide bonds. The predicted octanol–water partition coefficient (Wildman–Crippen LogP) is 5.60. The summed E-state index contributed by atoms with van der Waals surface area (Å²) in [4.78, 5) is 0. The molecule has 0 unspecified atom stereocenters. The minimum absolute atomic E-state index is 0.0867. The molecule has 0 saturated heterocycles. The summed E-state index contributed by atoms with van der Waals surface area (Å²) >= 11 is 6.40. The molecule has 0 bridgehead atoms. The summed E-state index contributed by atoms with van der Waals surface area (Å²) in [6.07, 6.45) is 0. The van der Waals surface area contributed by atoms with Gasteiger partial charge in [-0.1, -0.05) is 66.2 Å². The molecular formula is C20H17ClO2. The Bertz CT molecular complexity index is 813. The van der Waals surface area contributed by atoms with Crippen molar-refractivity contribution in [3.8, 4) is 22.6 Å². The van der Waals surface area contributed by atoms with Gasteiger partial charge in [-0.2, -0.15) is 0 Å². The highest BCUT2D eigenvalue weighted by Crippen LogP contribution is 2.43. The van der Waals surface area contributed by atoms with Crippen LogP contribution in [0.1, 0.15) is 11.1 Å². The van der Waals surface area contributed by atoms with Crippen LogP contribution in [-0.4, -0.2) is 5.11 Å². The number of phenolic OH excluding ortho intramolecular Hbond substituents is 1. The normalized spacial score (nSPS) is 10.5. The second-order valence-corrected chi connectivity index (χ2v) is 5.77. The second kappa shape index (κ2) is 6.76. The molecule has 3 aromatic carbocycles. The van der Waals surface area contributed by atoms with Crippen molar-refractivity contribution in [1.82, 2.24) is 0 Å². The van der Waals surface area contributed by atoms with Crippen LogP contribution < -0.4 is 4.74 Å². The number of aryl methyl sites for hydroxylation is 1. The van der Waals surface area contributed by atoms with E-state index in [1.165, 1.54) is 0 Å². The molecule has 0 atom stereocenters. The minimum atomic E-state index is 0.0867. The van der Waals surface area contributed by atoms with Gasteiger partial charge in [-0.3, -0.25) is 0 Å².